The smallest absolute Gasteiger partial charge is 0.221 e. The minimum atomic E-state index is 0.187. The summed E-state index contributed by atoms with van der Waals surface area (Å²) in [5, 5.41) is 6.52. The first-order valence-corrected chi connectivity index (χ1v) is 7.79. The van der Waals surface area contributed by atoms with E-state index in [-0.39, 0.29) is 5.91 Å². The Morgan fingerprint density at radius 3 is 2.83 bits per heavy atom. The average molecular weight is 250 g/mol. The number of nitrogens with one attached hydrogen (secondary N) is 2. The molecule has 102 valence electrons. The van der Waals surface area contributed by atoms with Crippen LogP contribution in [0.2, 0.25) is 0 Å². The number of amides is 1. The molecule has 2 bridgehead atoms. The highest BCUT2D eigenvalue weighted by molar-refractivity contribution is 5.75. The molecule has 3 rings (SSSR count). The van der Waals surface area contributed by atoms with Crippen LogP contribution < -0.4 is 10.6 Å². The van der Waals surface area contributed by atoms with Gasteiger partial charge in [-0.3, -0.25) is 4.79 Å². The Morgan fingerprint density at radius 2 is 2.00 bits per heavy atom. The van der Waals surface area contributed by atoms with Gasteiger partial charge in [0.25, 0.3) is 0 Å². The van der Waals surface area contributed by atoms with E-state index in [2.05, 4.69) is 10.6 Å². The van der Waals surface area contributed by atoms with Crippen molar-refractivity contribution in [3.63, 3.8) is 0 Å². The van der Waals surface area contributed by atoms with Crippen molar-refractivity contribution in [2.45, 2.75) is 51.5 Å². The van der Waals surface area contributed by atoms with Crippen molar-refractivity contribution in [3.8, 4) is 0 Å². The van der Waals surface area contributed by atoms with Gasteiger partial charge in [-0.05, 0) is 56.3 Å². The summed E-state index contributed by atoms with van der Waals surface area (Å²) in [7, 11) is 0. The Labute approximate surface area is 110 Å². The summed E-state index contributed by atoms with van der Waals surface area (Å²) in [5.41, 5.74) is 0. The Bertz CT molecular complexity index is 318. The standard InChI is InChI=1S/C15H26N2O/c1-2-16-15(18)6-7-17-14-9-10-8-13(14)12-5-3-4-11(10)12/h10-14,17H,2-9H2,1H3,(H,16,18). The van der Waals surface area contributed by atoms with E-state index in [0.717, 1.165) is 36.8 Å². The van der Waals surface area contributed by atoms with Crippen LogP contribution in [0.1, 0.15) is 45.4 Å². The molecule has 0 spiro atoms. The van der Waals surface area contributed by atoms with Gasteiger partial charge in [0.1, 0.15) is 0 Å². The highest BCUT2D eigenvalue weighted by Gasteiger charge is 2.53. The third-order valence-corrected chi connectivity index (χ3v) is 5.56. The predicted octanol–water partition coefficient (Wildman–Crippen LogP) is 1.93. The molecule has 0 saturated heterocycles. The Kier molecular flexibility index (Phi) is 3.60. The van der Waals surface area contributed by atoms with Gasteiger partial charge in [0.15, 0.2) is 0 Å². The highest BCUT2D eigenvalue weighted by atomic mass is 16.1. The molecule has 1 amide bonds. The zero-order valence-corrected chi connectivity index (χ0v) is 11.5. The molecule has 18 heavy (non-hydrogen) atoms. The fourth-order valence-electron chi connectivity index (χ4n) is 4.96. The summed E-state index contributed by atoms with van der Waals surface area (Å²) < 4.78 is 0. The molecule has 5 unspecified atom stereocenters. The van der Waals surface area contributed by atoms with Crippen molar-refractivity contribution < 1.29 is 4.79 Å². The maximum atomic E-state index is 11.4. The lowest BCUT2D eigenvalue weighted by molar-refractivity contribution is -0.120. The van der Waals surface area contributed by atoms with E-state index in [1.807, 2.05) is 6.92 Å². The molecule has 0 heterocycles. The molecule has 3 heteroatoms. The molecule has 2 N–H and O–H groups in total. The van der Waals surface area contributed by atoms with Crippen LogP contribution in [0.15, 0.2) is 0 Å². The van der Waals surface area contributed by atoms with Crippen molar-refractivity contribution in [3.05, 3.63) is 0 Å². The van der Waals surface area contributed by atoms with E-state index in [1.54, 1.807) is 0 Å². The van der Waals surface area contributed by atoms with Gasteiger partial charge in [-0.15, -0.1) is 0 Å². The normalized spacial score (nSPS) is 41.1. The molecule has 3 nitrogen and oxygen atoms in total. The second-order valence-electron chi connectivity index (χ2n) is 6.42. The molecular weight excluding hydrogens is 224 g/mol. The molecule has 3 aliphatic rings. The number of carbonyl (C=O) groups excluding carboxylic acids is 1. The number of hydrogen-bond acceptors (Lipinski definition) is 2. The van der Waals surface area contributed by atoms with E-state index < -0.39 is 0 Å². The largest absolute Gasteiger partial charge is 0.356 e. The topological polar surface area (TPSA) is 41.1 Å². The van der Waals surface area contributed by atoms with Crippen LogP contribution in [-0.4, -0.2) is 25.0 Å². The third-order valence-electron chi connectivity index (χ3n) is 5.56. The van der Waals surface area contributed by atoms with E-state index in [4.69, 9.17) is 0 Å². The molecule has 5 atom stereocenters. The van der Waals surface area contributed by atoms with Gasteiger partial charge in [-0.2, -0.15) is 0 Å². The van der Waals surface area contributed by atoms with Crippen molar-refractivity contribution in [2.75, 3.05) is 13.1 Å². The van der Waals surface area contributed by atoms with Crippen LogP contribution in [-0.2, 0) is 4.79 Å². The molecule has 0 aromatic heterocycles. The number of carbonyl (C=O) groups is 1. The van der Waals surface area contributed by atoms with Crippen molar-refractivity contribution in [1.29, 1.82) is 0 Å². The van der Waals surface area contributed by atoms with Gasteiger partial charge in [0.2, 0.25) is 5.91 Å². The molecular formula is C15H26N2O. The second kappa shape index (κ2) is 5.20. The molecule has 0 radical (unpaired) electrons. The SMILES string of the molecule is CCNC(=O)CCNC1CC2CC1C1CCCC21. The van der Waals surface area contributed by atoms with E-state index in [0.29, 0.717) is 12.5 Å². The van der Waals surface area contributed by atoms with E-state index in [9.17, 15) is 4.79 Å². The summed E-state index contributed by atoms with van der Waals surface area (Å²) in [6, 6.07) is 0.712. The lowest BCUT2D eigenvalue weighted by atomic mass is 9.79. The summed E-state index contributed by atoms with van der Waals surface area (Å²) in [5.74, 6) is 4.20. The van der Waals surface area contributed by atoms with Crippen LogP contribution in [0, 0.1) is 23.7 Å². The van der Waals surface area contributed by atoms with E-state index in [1.165, 1.54) is 32.1 Å². The van der Waals surface area contributed by atoms with Gasteiger partial charge >= 0.3 is 0 Å². The van der Waals surface area contributed by atoms with Gasteiger partial charge < -0.3 is 10.6 Å². The van der Waals surface area contributed by atoms with Crippen molar-refractivity contribution in [1.82, 2.24) is 10.6 Å². The van der Waals surface area contributed by atoms with Crippen molar-refractivity contribution in [2.24, 2.45) is 23.7 Å². The molecule has 0 aromatic carbocycles. The lowest BCUT2D eigenvalue weighted by Crippen LogP contribution is -2.40. The third kappa shape index (κ3) is 2.18. The van der Waals surface area contributed by atoms with Crippen LogP contribution >= 0.6 is 0 Å². The number of hydrogen-bond donors (Lipinski definition) is 2. The first kappa shape index (κ1) is 12.5. The second-order valence-corrected chi connectivity index (χ2v) is 6.42. The minimum Gasteiger partial charge on any atom is -0.356 e. The lowest BCUT2D eigenvalue weighted by Gasteiger charge is -2.32. The van der Waals surface area contributed by atoms with Gasteiger partial charge in [0, 0.05) is 25.6 Å². The van der Waals surface area contributed by atoms with Crippen LogP contribution in [0.3, 0.4) is 0 Å². The van der Waals surface area contributed by atoms with Crippen LogP contribution in [0.4, 0.5) is 0 Å². The Hall–Kier alpha value is -0.570. The molecule has 3 aliphatic carbocycles. The van der Waals surface area contributed by atoms with Gasteiger partial charge in [-0.1, -0.05) is 6.42 Å². The zero-order valence-electron chi connectivity index (χ0n) is 11.5. The molecule has 3 saturated carbocycles. The monoisotopic (exact) mass is 250 g/mol. The Morgan fingerprint density at radius 1 is 1.17 bits per heavy atom. The molecule has 0 aromatic rings. The zero-order chi connectivity index (χ0) is 12.5. The predicted molar refractivity (Wildman–Crippen MR) is 72.1 cm³/mol. The maximum absolute atomic E-state index is 11.4. The summed E-state index contributed by atoms with van der Waals surface area (Å²) in [6.45, 7) is 3.58. The number of rotatable bonds is 5. The minimum absolute atomic E-state index is 0.187. The summed E-state index contributed by atoms with van der Waals surface area (Å²) in [4.78, 5) is 11.4. The van der Waals surface area contributed by atoms with Crippen molar-refractivity contribution >= 4 is 5.91 Å². The van der Waals surface area contributed by atoms with Gasteiger partial charge in [-0.25, -0.2) is 0 Å². The average Bonchev–Trinajstić information content (AvgIpc) is 3.00. The Balaban J connectivity index is 1.44. The number of fused-ring (bicyclic) bond motifs is 5. The first-order chi connectivity index (χ1) is 8.79. The fourth-order valence-corrected chi connectivity index (χ4v) is 4.96. The quantitative estimate of drug-likeness (QED) is 0.783. The molecule has 0 aliphatic heterocycles. The highest BCUT2D eigenvalue weighted by Crippen LogP contribution is 2.58. The molecule has 3 fully saturated rings. The van der Waals surface area contributed by atoms with Crippen LogP contribution in [0.5, 0.6) is 0 Å². The summed E-state index contributed by atoms with van der Waals surface area (Å²) >= 11 is 0. The van der Waals surface area contributed by atoms with Gasteiger partial charge in [0.05, 0.1) is 0 Å². The summed E-state index contributed by atoms with van der Waals surface area (Å²) in [6.07, 6.45) is 7.91. The maximum Gasteiger partial charge on any atom is 0.221 e. The van der Waals surface area contributed by atoms with E-state index >= 15 is 0 Å². The first-order valence-electron chi connectivity index (χ1n) is 7.79. The fraction of sp³-hybridized carbons (Fsp3) is 0.933. The van der Waals surface area contributed by atoms with Crippen LogP contribution in [0.25, 0.3) is 0 Å².